The molecule has 0 aliphatic carbocycles. The number of hydrogen-bond acceptors (Lipinski definition) is 7. The van der Waals surface area contributed by atoms with Crippen LogP contribution in [-0.2, 0) is 0 Å². The van der Waals surface area contributed by atoms with Crippen molar-refractivity contribution in [3.63, 3.8) is 0 Å². The minimum absolute atomic E-state index is 0.00665. The second-order valence-corrected chi connectivity index (χ2v) is 5.29. The molecule has 0 unspecified atom stereocenters. The van der Waals surface area contributed by atoms with Crippen molar-refractivity contribution < 1.29 is 18.8 Å². The Morgan fingerprint density at radius 2 is 1.80 bits per heavy atom. The number of fused-ring (bicyclic) bond motifs is 1. The predicted octanol–water partition coefficient (Wildman–Crippen LogP) is 3.09. The summed E-state index contributed by atoms with van der Waals surface area (Å²) < 4.78 is 15.6. The Bertz CT molecular complexity index is 1040. The summed E-state index contributed by atoms with van der Waals surface area (Å²) in [6.07, 6.45) is 0. The molecule has 0 saturated carbocycles. The number of rotatable bonds is 4. The second-order valence-electron chi connectivity index (χ2n) is 5.29. The van der Waals surface area contributed by atoms with Crippen LogP contribution >= 0.6 is 0 Å². The number of benzene rings is 2. The summed E-state index contributed by atoms with van der Waals surface area (Å²) in [6.45, 7) is 1.63. The lowest BCUT2D eigenvalue weighted by atomic mass is 10.1. The fraction of sp³-hybridized carbons (Fsp3) is 0.176. The summed E-state index contributed by atoms with van der Waals surface area (Å²) in [5.41, 5.74) is 0.486. The molecule has 8 heteroatoms. The topological polar surface area (TPSA) is 105 Å². The standard InChI is InChI=1S/C17H14N2O6/c1-9-4-5-10(6-13(9)19(21)22)16-18-12-8-15(24-3)14(23-2)7-11(12)17(20)25-16/h4-8H,1-3H3. The number of hydrogen-bond donors (Lipinski definition) is 0. The molecule has 3 aromatic rings. The molecule has 3 rings (SSSR count). The monoisotopic (exact) mass is 342 g/mol. The fourth-order valence-electron chi connectivity index (χ4n) is 2.46. The van der Waals surface area contributed by atoms with Crippen molar-refractivity contribution in [2.24, 2.45) is 0 Å². The summed E-state index contributed by atoms with van der Waals surface area (Å²) in [6, 6.07) is 7.55. The molecular formula is C17H14N2O6. The van der Waals surface area contributed by atoms with Gasteiger partial charge in [-0.2, -0.15) is 0 Å². The van der Waals surface area contributed by atoms with Crippen molar-refractivity contribution in [3.8, 4) is 23.0 Å². The molecular weight excluding hydrogens is 328 g/mol. The molecule has 0 aliphatic rings. The first-order chi connectivity index (χ1) is 11.9. The second kappa shape index (κ2) is 6.23. The first kappa shape index (κ1) is 16.4. The van der Waals surface area contributed by atoms with E-state index in [-0.39, 0.29) is 17.0 Å². The highest BCUT2D eigenvalue weighted by Crippen LogP contribution is 2.32. The van der Waals surface area contributed by atoms with E-state index in [4.69, 9.17) is 13.9 Å². The van der Waals surface area contributed by atoms with Crippen molar-refractivity contribution in [1.82, 2.24) is 4.98 Å². The van der Waals surface area contributed by atoms with Gasteiger partial charge in [-0.15, -0.1) is 0 Å². The van der Waals surface area contributed by atoms with E-state index in [1.807, 2.05) is 0 Å². The van der Waals surface area contributed by atoms with Crippen LogP contribution in [0, 0.1) is 17.0 Å². The van der Waals surface area contributed by atoms with Crippen molar-refractivity contribution in [3.05, 3.63) is 56.4 Å². The zero-order chi connectivity index (χ0) is 18.1. The molecule has 0 N–H and O–H groups in total. The van der Waals surface area contributed by atoms with Gasteiger partial charge in [0, 0.05) is 29.3 Å². The number of ether oxygens (including phenoxy) is 2. The van der Waals surface area contributed by atoms with E-state index >= 15 is 0 Å². The van der Waals surface area contributed by atoms with Crippen LogP contribution < -0.4 is 15.1 Å². The summed E-state index contributed by atoms with van der Waals surface area (Å²) in [5, 5.41) is 11.3. The third kappa shape index (κ3) is 2.89. The number of nitro benzene ring substituents is 1. The Balaban J connectivity index is 2.23. The van der Waals surface area contributed by atoms with Crippen LogP contribution in [0.4, 0.5) is 5.69 Å². The maximum absolute atomic E-state index is 12.3. The molecule has 128 valence electrons. The Labute approximate surface area is 141 Å². The van der Waals surface area contributed by atoms with E-state index in [9.17, 15) is 14.9 Å². The summed E-state index contributed by atoms with van der Waals surface area (Å²) in [7, 11) is 2.93. The Kier molecular flexibility index (Phi) is 4.10. The normalized spacial score (nSPS) is 10.7. The van der Waals surface area contributed by atoms with E-state index in [1.54, 1.807) is 25.1 Å². The number of aryl methyl sites for hydroxylation is 1. The van der Waals surface area contributed by atoms with Crippen LogP contribution in [0.15, 0.2) is 39.5 Å². The number of nitro groups is 1. The Morgan fingerprint density at radius 3 is 2.44 bits per heavy atom. The van der Waals surface area contributed by atoms with Gasteiger partial charge in [0.05, 0.1) is 30.0 Å². The lowest BCUT2D eigenvalue weighted by Gasteiger charge is -2.09. The molecule has 0 fully saturated rings. The van der Waals surface area contributed by atoms with Gasteiger partial charge < -0.3 is 13.9 Å². The highest BCUT2D eigenvalue weighted by atomic mass is 16.6. The molecule has 0 aliphatic heterocycles. The number of aromatic nitrogens is 1. The van der Waals surface area contributed by atoms with Gasteiger partial charge in [0.1, 0.15) is 0 Å². The highest BCUT2D eigenvalue weighted by Gasteiger charge is 2.17. The lowest BCUT2D eigenvalue weighted by Crippen LogP contribution is -2.04. The fourth-order valence-corrected chi connectivity index (χ4v) is 2.46. The zero-order valence-corrected chi connectivity index (χ0v) is 13.7. The summed E-state index contributed by atoms with van der Waals surface area (Å²) in [4.78, 5) is 27.2. The van der Waals surface area contributed by atoms with Gasteiger partial charge in [0.25, 0.3) is 5.69 Å². The number of nitrogens with zero attached hydrogens (tertiary/aromatic N) is 2. The number of methoxy groups -OCH3 is 2. The molecule has 0 radical (unpaired) electrons. The van der Waals surface area contributed by atoms with Gasteiger partial charge in [0.15, 0.2) is 11.5 Å². The van der Waals surface area contributed by atoms with Gasteiger partial charge >= 0.3 is 5.63 Å². The quantitative estimate of drug-likeness (QED) is 0.530. The van der Waals surface area contributed by atoms with E-state index in [1.165, 1.54) is 26.4 Å². The molecule has 25 heavy (non-hydrogen) atoms. The zero-order valence-electron chi connectivity index (χ0n) is 13.7. The van der Waals surface area contributed by atoms with Crippen molar-refractivity contribution in [1.29, 1.82) is 0 Å². The minimum Gasteiger partial charge on any atom is -0.493 e. The van der Waals surface area contributed by atoms with Crippen molar-refractivity contribution in [2.45, 2.75) is 6.92 Å². The van der Waals surface area contributed by atoms with Crippen LogP contribution in [0.1, 0.15) is 5.56 Å². The molecule has 2 aromatic carbocycles. The van der Waals surface area contributed by atoms with E-state index in [2.05, 4.69) is 4.98 Å². The average Bonchev–Trinajstić information content (AvgIpc) is 2.60. The van der Waals surface area contributed by atoms with E-state index in [0.717, 1.165) is 0 Å². The molecule has 0 atom stereocenters. The predicted molar refractivity (Wildman–Crippen MR) is 90.2 cm³/mol. The van der Waals surface area contributed by atoms with E-state index < -0.39 is 10.5 Å². The van der Waals surface area contributed by atoms with Crippen LogP contribution in [0.5, 0.6) is 11.5 Å². The van der Waals surface area contributed by atoms with Crippen molar-refractivity contribution >= 4 is 16.6 Å². The van der Waals surface area contributed by atoms with Crippen LogP contribution in [0.3, 0.4) is 0 Å². The van der Waals surface area contributed by atoms with Gasteiger partial charge in [-0.1, -0.05) is 6.07 Å². The summed E-state index contributed by atoms with van der Waals surface area (Å²) >= 11 is 0. The minimum atomic E-state index is -0.621. The lowest BCUT2D eigenvalue weighted by molar-refractivity contribution is -0.385. The molecule has 0 saturated heterocycles. The largest absolute Gasteiger partial charge is 0.493 e. The Morgan fingerprint density at radius 1 is 1.12 bits per heavy atom. The third-order valence-electron chi connectivity index (χ3n) is 3.79. The smallest absolute Gasteiger partial charge is 0.347 e. The first-order valence-electron chi connectivity index (χ1n) is 7.27. The van der Waals surface area contributed by atoms with Gasteiger partial charge in [-0.05, 0) is 13.0 Å². The maximum atomic E-state index is 12.3. The van der Waals surface area contributed by atoms with Crippen LogP contribution in [-0.4, -0.2) is 24.1 Å². The summed E-state index contributed by atoms with van der Waals surface area (Å²) in [5.74, 6) is 0.782. The maximum Gasteiger partial charge on any atom is 0.347 e. The van der Waals surface area contributed by atoms with Gasteiger partial charge in [0.2, 0.25) is 5.89 Å². The molecule has 1 aromatic heterocycles. The molecule has 0 amide bonds. The molecule has 0 spiro atoms. The van der Waals surface area contributed by atoms with E-state index in [0.29, 0.717) is 28.1 Å². The van der Waals surface area contributed by atoms with Crippen LogP contribution in [0.2, 0.25) is 0 Å². The van der Waals surface area contributed by atoms with Gasteiger partial charge in [-0.3, -0.25) is 10.1 Å². The van der Waals surface area contributed by atoms with Gasteiger partial charge in [-0.25, -0.2) is 9.78 Å². The van der Waals surface area contributed by atoms with Crippen molar-refractivity contribution in [2.75, 3.05) is 14.2 Å². The SMILES string of the molecule is COc1cc2nc(-c3ccc(C)c([N+](=O)[O-])c3)oc(=O)c2cc1OC. The third-order valence-corrected chi connectivity index (χ3v) is 3.79. The highest BCUT2D eigenvalue weighted by molar-refractivity contribution is 5.82. The van der Waals surface area contributed by atoms with Crippen LogP contribution in [0.25, 0.3) is 22.4 Å². The molecule has 1 heterocycles. The first-order valence-corrected chi connectivity index (χ1v) is 7.27. The molecule has 8 nitrogen and oxygen atoms in total. The Hall–Kier alpha value is -3.42. The average molecular weight is 342 g/mol. The molecule has 0 bridgehead atoms.